The van der Waals surface area contributed by atoms with Gasteiger partial charge in [-0.15, -0.1) is 0 Å². The van der Waals surface area contributed by atoms with Crippen LogP contribution in [0.1, 0.15) is 63.4 Å². The van der Waals surface area contributed by atoms with Gasteiger partial charge in [0.2, 0.25) is 0 Å². The van der Waals surface area contributed by atoms with Gasteiger partial charge in [-0.1, -0.05) is 36.6 Å². The second kappa shape index (κ2) is 12.0. The first kappa shape index (κ1) is 24.2. The van der Waals surface area contributed by atoms with E-state index in [1.165, 1.54) is 63.4 Å². The molecule has 0 radical (unpaired) electrons. The maximum absolute atomic E-state index is 12.3. The zero-order valence-corrected chi connectivity index (χ0v) is 19.9. The van der Waals surface area contributed by atoms with Gasteiger partial charge in [-0.3, -0.25) is 4.98 Å². The number of rotatable bonds is 8. The van der Waals surface area contributed by atoms with Crippen LogP contribution in [-0.2, 0) is 6.42 Å². The number of benzene rings is 1. The lowest BCUT2D eigenvalue weighted by molar-refractivity contribution is -0.0498. The number of hydrogen-bond acceptors (Lipinski definition) is 2. The fourth-order valence-electron chi connectivity index (χ4n) is 5.78. The number of aryl methyl sites for hydroxylation is 1. The molecule has 2 aromatic rings. The van der Waals surface area contributed by atoms with E-state index in [1.54, 1.807) is 29.8 Å². The number of nitrogens with zero attached hydrogens (tertiary/aromatic N) is 1. The first-order valence-corrected chi connectivity index (χ1v) is 12.8. The van der Waals surface area contributed by atoms with Gasteiger partial charge in [0.1, 0.15) is 5.75 Å². The van der Waals surface area contributed by atoms with Crippen LogP contribution in [0.4, 0.5) is 8.78 Å². The molecule has 0 spiro atoms. The van der Waals surface area contributed by atoms with Crippen molar-refractivity contribution < 1.29 is 13.5 Å². The Hall–Kier alpha value is -1.94. The number of halogens is 3. The fraction of sp³-hybridized carbons (Fsp3) is 0.536. The number of allylic oxidation sites excluding steroid dienone is 1. The molecule has 2 saturated carbocycles. The molecule has 178 valence electrons. The molecule has 0 N–H and O–H groups in total. The third-order valence-electron chi connectivity index (χ3n) is 7.76. The molecule has 1 aromatic carbocycles. The Kier molecular flexibility index (Phi) is 8.77. The number of hydrogen-bond donors (Lipinski definition) is 0. The van der Waals surface area contributed by atoms with Gasteiger partial charge < -0.3 is 4.74 Å². The van der Waals surface area contributed by atoms with E-state index in [4.69, 9.17) is 11.6 Å². The molecule has 2 aliphatic carbocycles. The molecule has 1 aromatic heterocycles. The summed E-state index contributed by atoms with van der Waals surface area (Å²) in [6.07, 6.45) is 17.3. The van der Waals surface area contributed by atoms with E-state index in [0.717, 1.165) is 35.4 Å². The summed E-state index contributed by atoms with van der Waals surface area (Å²) in [6, 6.07) is 10.8. The van der Waals surface area contributed by atoms with Crippen LogP contribution in [-0.4, -0.2) is 11.6 Å². The summed E-state index contributed by atoms with van der Waals surface area (Å²) < 4.78 is 29.0. The lowest BCUT2D eigenvalue weighted by atomic mass is 9.68. The Morgan fingerprint density at radius 1 is 0.909 bits per heavy atom. The molecule has 0 atom stereocenters. The van der Waals surface area contributed by atoms with E-state index in [2.05, 4.69) is 21.9 Å². The smallest absolute Gasteiger partial charge is 0.387 e. The average molecular weight is 474 g/mol. The van der Waals surface area contributed by atoms with Crippen molar-refractivity contribution in [3.63, 3.8) is 0 Å². The van der Waals surface area contributed by atoms with Gasteiger partial charge in [-0.25, -0.2) is 0 Å². The molecular weight excluding hydrogens is 440 g/mol. The van der Waals surface area contributed by atoms with Crippen molar-refractivity contribution >= 4 is 11.6 Å². The standard InChI is InChI=1S/C28H34ClF2NO/c29-18-17-21-5-10-24(11-6-21)23-8-3-20(4-9-23)1-2-22-7-16-27(32-19-22)25-12-14-26(15-13-25)33-28(30)31/h7,12-21,23-24,28H,1-6,8-11H2. The van der Waals surface area contributed by atoms with Crippen molar-refractivity contribution in [1.82, 2.24) is 4.98 Å². The second-order valence-electron chi connectivity index (χ2n) is 9.77. The van der Waals surface area contributed by atoms with Crippen molar-refractivity contribution in [2.45, 2.75) is 70.8 Å². The molecule has 0 aliphatic heterocycles. The minimum atomic E-state index is -2.80. The highest BCUT2D eigenvalue weighted by molar-refractivity contribution is 6.25. The number of aromatic nitrogens is 1. The third-order valence-corrected chi connectivity index (χ3v) is 7.91. The zero-order valence-electron chi connectivity index (χ0n) is 19.1. The molecule has 0 amide bonds. The first-order valence-electron chi connectivity index (χ1n) is 12.4. The molecular formula is C28H34ClF2NO. The topological polar surface area (TPSA) is 22.1 Å². The van der Waals surface area contributed by atoms with Gasteiger partial charge in [0, 0.05) is 17.3 Å². The van der Waals surface area contributed by atoms with Crippen LogP contribution in [0.2, 0.25) is 0 Å². The van der Waals surface area contributed by atoms with Gasteiger partial charge in [0.25, 0.3) is 0 Å². The average Bonchev–Trinajstić information content (AvgIpc) is 2.84. The summed E-state index contributed by atoms with van der Waals surface area (Å²) in [5, 5.41) is 0. The van der Waals surface area contributed by atoms with Crippen molar-refractivity contribution in [2.24, 2.45) is 23.7 Å². The van der Waals surface area contributed by atoms with Gasteiger partial charge in [0.05, 0.1) is 5.69 Å². The van der Waals surface area contributed by atoms with Gasteiger partial charge in [0.15, 0.2) is 0 Å². The fourth-order valence-corrected chi connectivity index (χ4v) is 5.99. The Morgan fingerprint density at radius 3 is 2.15 bits per heavy atom. The summed E-state index contributed by atoms with van der Waals surface area (Å²) in [6.45, 7) is -2.80. The zero-order chi connectivity index (χ0) is 23.0. The van der Waals surface area contributed by atoms with Crippen LogP contribution in [0.5, 0.6) is 5.75 Å². The Morgan fingerprint density at radius 2 is 1.58 bits per heavy atom. The molecule has 4 rings (SSSR count). The molecule has 33 heavy (non-hydrogen) atoms. The van der Waals surface area contributed by atoms with E-state index >= 15 is 0 Å². The van der Waals surface area contributed by atoms with Crippen LogP contribution in [0.25, 0.3) is 11.3 Å². The summed E-state index contributed by atoms with van der Waals surface area (Å²) in [5.74, 6) is 3.56. The summed E-state index contributed by atoms with van der Waals surface area (Å²) >= 11 is 5.75. The maximum Gasteiger partial charge on any atom is 0.387 e. The van der Waals surface area contributed by atoms with E-state index in [0.29, 0.717) is 5.92 Å². The summed E-state index contributed by atoms with van der Waals surface area (Å²) in [7, 11) is 0. The Balaban J connectivity index is 1.20. The largest absolute Gasteiger partial charge is 0.435 e. The van der Waals surface area contributed by atoms with E-state index < -0.39 is 6.61 Å². The quantitative estimate of drug-likeness (QED) is 0.382. The summed E-state index contributed by atoms with van der Waals surface area (Å²) in [4.78, 5) is 4.59. The van der Waals surface area contributed by atoms with Gasteiger partial charge >= 0.3 is 6.61 Å². The van der Waals surface area contributed by atoms with Crippen LogP contribution in [0.15, 0.2) is 54.2 Å². The monoisotopic (exact) mass is 473 g/mol. The molecule has 0 bridgehead atoms. The highest BCUT2D eigenvalue weighted by Gasteiger charge is 2.30. The van der Waals surface area contributed by atoms with Crippen molar-refractivity contribution in [2.75, 3.05) is 0 Å². The Bertz CT molecular complexity index is 868. The molecule has 2 aliphatic rings. The van der Waals surface area contributed by atoms with Crippen molar-refractivity contribution in [1.29, 1.82) is 0 Å². The highest BCUT2D eigenvalue weighted by Crippen LogP contribution is 2.42. The van der Waals surface area contributed by atoms with E-state index in [-0.39, 0.29) is 5.75 Å². The van der Waals surface area contributed by atoms with Crippen LogP contribution in [0.3, 0.4) is 0 Å². The van der Waals surface area contributed by atoms with Gasteiger partial charge in [-0.2, -0.15) is 8.78 Å². The van der Waals surface area contributed by atoms with Gasteiger partial charge in [-0.05, 0) is 111 Å². The predicted octanol–water partition coefficient (Wildman–Crippen LogP) is 8.65. The third kappa shape index (κ3) is 7.02. The Labute approximate surface area is 201 Å². The first-order chi connectivity index (χ1) is 16.1. The lowest BCUT2D eigenvalue weighted by Gasteiger charge is -2.37. The number of pyridine rings is 1. The minimum absolute atomic E-state index is 0.163. The highest BCUT2D eigenvalue weighted by atomic mass is 35.5. The number of ether oxygens (including phenoxy) is 1. The normalized spacial score (nSPS) is 26.1. The van der Waals surface area contributed by atoms with E-state index in [9.17, 15) is 8.78 Å². The minimum Gasteiger partial charge on any atom is -0.435 e. The lowest BCUT2D eigenvalue weighted by Crippen LogP contribution is -2.25. The van der Waals surface area contributed by atoms with Crippen molar-refractivity contribution in [3.8, 4) is 17.0 Å². The SMILES string of the molecule is FC(F)Oc1ccc(-c2ccc(CCC3CCC(C4CCC(C=CCl)CC4)CC3)cn2)cc1. The molecule has 0 saturated heterocycles. The summed E-state index contributed by atoms with van der Waals surface area (Å²) in [5.41, 5.74) is 4.71. The van der Waals surface area contributed by atoms with E-state index in [1.807, 2.05) is 12.3 Å². The molecule has 5 heteroatoms. The molecule has 1 heterocycles. The maximum atomic E-state index is 12.3. The molecule has 2 fully saturated rings. The van der Waals surface area contributed by atoms with Crippen LogP contribution in [0, 0.1) is 23.7 Å². The number of alkyl halides is 2. The second-order valence-corrected chi connectivity index (χ2v) is 10.0. The van der Waals surface area contributed by atoms with Crippen LogP contribution >= 0.6 is 11.6 Å². The van der Waals surface area contributed by atoms with Crippen LogP contribution < -0.4 is 4.74 Å². The molecule has 0 unspecified atom stereocenters. The molecule has 2 nitrogen and oxygen atoms in total. The predicted molar refractivity (Wildman–Crippen MR) is 131 cm³/mol. The van der Waals surface area contributed by atoms with Crippen molar-refractivity contribution in [3.05, 3.63) is 59.8 Å².